The van der Waals surface area contributed by atoms with Crippen LogP contribution in [-0.2, 0) is 6.42 Å². The number of amides is 1. The van der Waals surface area contributed by atoms with Gasteiger partial charge in [-0.25, -0.2) is 4.98 Å². The van der Waals surface area contributed by atoms with Crippen LogP contribution < -0.4 is 5.32 Å². The summed E-state index contributed by atoms with van der Waals surface area (Å²) in [5.41, 5.74) is 1.96. The summed E-state index contributed by atoms with van der Waals surface area (Å²) in [6.07, 6.45) is 5.95. The molecular formula is C20H24ClN3O. The van der Waals surface area contributed by atoms with Gasteiger partial charge in [0.05, 0.1) is 0 Å². The summed E-state index contributed by atoms with van der Waals surface area (Å²) in [6, 6.07) is 14.1. The number of halogens is 1. The van der Waals surface area contributed by atoms with Gasteiger partial charge in [0.25, 0.3) is 5.91 Å². The second kappa shape index (κ2) is 8.97. The van der Waals surface area contributed by atoms with Gasteiger partial charge in [0.15, 0.2) is 0 Å². The van der Waals surface area contributed by atoms with E-state index in [1.54, 1.807) is 18.3 Å². The summed E-state index contributed by atoms with van der Waals surface area (Å²) in [6.45, 7) is 3.10. The summed E-state index contributed by atoms with van der Waals surface area (Å²) < 4.78 is 0. The zero-order valence-electron chi connectivity index (χ0n) is 14.3. The van der Waals surface area contributed by atoms with E-state index in [0.717, 1.165) is 45.3 Å². The molecule has 1 amide bonds. The molecule has 2 aromatic rings. The van der Waals surface area contributed by atoms with E-state index in [4.69, 9.17) is 11.6 Å². The topological polar surface area (TPSA) is 45.2 Å². The van der Waals surface area contributed by atoms with Gasteiger partial charge >= 0.3 is 0 Å². The van der Waals surface area contributed by atoms with Crippen molar-refractivity contribution in [2.45, 2.75) is 31.7 Å². The zero-order valence-corrected chi connectivity index (χ0v) is 15.1. The van der Waals surface area contributed by atoms with Crippen LogP contribution in [0.5, 0.6) is 0 Å². The molecule has 1 saturated heterocycles. The smallest absolute Gasteiger partial charge is 0.251 e. The minimum Gasteiger partial charge on any atom is -0.348 e. The number of benzene rings is 1. The lowest BCUT2D eigenvalue weighted by Crippen LogP contribution is -2.47. The Bertz CT molecular complexity index is 692. The number of piperidine rings is 1. The number of hydrogen-bond donors (Lipinski definition) is 1. The fraction of sp³-hybridized carbons (Fsp3) is 0.400. The third-order valence-corrected chi connectivity index (χ3v) is 4.82. The molecule has 1 aromatic heterocycles. The van der Waals surface area contributed by atoms with Crippen molar-refractivity contribution < 1.29 is 4.79 Å². The van der Waals surface area contributed by atoms with Crippen LogP contribution in [0.3, 0.4) is 0 Å². The van der Waals surface area contributed by atoms with Gasteiger partial charge in [0, 0.05) is 24.3 Å². The molecule has 0 bridgehead atoms. The molecule has 1 atom stereocenters. The van der Waals surface area contributed by atoms with E-state index in [2.05, 4.69) is 45.5 Å². The first-order chi connectivity index (χ1) is 12.2. The Balaban J connectivity index is 1.45. The number of pyridine rings is 1. The van der Waals surface area contributed by atoms with Gasteiger partial charge in [-0.2, -0.15) is 0 Å². The van der Waals surface area contributed by atoms with E-state index in [1.807, 2.05) is 0 Å². The van der Waals surface area contributed by atoms with E-state index >= 15 is 0 Å². The SMILES string of the molecule is O=C(N[C@H]1CCCN(CCCc2ccccc2)C1)c1ccnc(Cl)c1. The molecule has 1 aliphatic rings. The van der Waals surface area contributed by atoms with Crippen molar-refractivity contribution in [1.82, 2.24) is 15.2 Å². The van der Waals surface area contributed by atoms with Crippen LogP contribution in [0.25, 0.3) is 0 Å². The average molecular weight is 358 g/mol. The molecule has 1 aromatic carbocycles. The van der Waals surface area contributed by atoms with Crippen LogP contribution in [0.1, 0.15) is 35.2 Å². The maximum absolute atomic E-state index is 12.4. The molecule has 3 rings (SSSR count). The summed E-state index contributed by atoms with van der Waals surface area (Å²) in [4.78, 5) is 18.7. The van der Waals surface area contributed by atoms with Gasteiger partial charge in [0.2, 0.25) is 0 Å². The van der Waals surface area contributed by atoms with Crippen LogP contribution in [-0.4, -0.2) is 41.5 Å². The molecule has 0 saturated carbocycles. The van der Waals surface area contributed by atoms with Crippen LogP contribution in [0, 0.1) is 0 Å². The lowest BCUT2D eigenvalue weighted by atomic mass is 10.0. The minimum atomic E-state index is -0.0690. The maximum Gasteiger partial charge on any atom is 0.251 e. The normalized spacial score (nSPS) is 18.0. The van der Waals surface area contributed by atoms with Crippen molar-refractivity contribution in [2.75, 3.05) is 19.6 Å². The van der Waals surface area contributed by atoms with Crippen molar-refractivity contribution in [3.8, 4) is 0 Å². The van der Waals surface area contributed by atoms with E-state index < -0.39 is 0 Å². The van der Waals surface area contributed by atoms with E-state index in [0.29, 0.717) is 10.7 Å². The number of nitrogens with one attached hydrogen (secondary N) is 1. The summed E-state index contributed by atoms with van der Waals surface area (Å²) in [5, 5.41) is 3.48. The molecule has 2 heterocycles. The lowest BCUT2D eigenvalue weighted by molar-refractivity contribution is 0.0903. The highest BCUT2D eigenvalue weighted by Crippen LogP contribution is 2.13. The number of nitrogens with zero attached hydrogens (tertiary/aromatic N) is 2. The molecule has 25 heavy (non-hydrogen) atoms. The Hall–Kier alpha value is -1.91. The molecule has 4 nitrogen and oxygen atoms in total. The van der Waals surface area contributed by atoms with Crippen LogP contribution in [0.4, 0.5) is 0 Å². The van der Waals surface area contributed by atoms with Gasteiger partial charge in [0.1, 0.15) is 5.15 Å². The number of rotatable bonds is 6. The van der Waals surface area contributed by atoms with Gasteiger partial charge in [-0.05, 0) is 56.5 Å². The molecule has 132 valence electrons. The first-order valence-electron chi connectivity index (χ1n) is 8.89. The summed E-state index contributed by atoms with van der Waals surface area (Å²) in [7, 11) is 0. The minimum absolute atomic E-state index is 0.0690. The van der Waals surface area contributed by atoms with E-state index in [-0.39, 0.29) is 11.9 Å². The van der Waals surface area contributed by atoms with Crippen molar-refractivity contribution in [3.05, 3.63) is 64.9 Å². The molecular weight excluding hydrogens is 334 g/mol. The van der Waals surface area contributed by atoms with Crippen molar-refractivity contribution in [3.63, 3.8) is 0 Å². The van der Waals surface area contributed by atoms with Crippen molar-refractivity contribution in [2.24, 2.45) is 0 Å². The maximum atomic E-state index is 12.4. The quantitative estimate of drug-likeness (QED) is 0.804. The third-order valence-electron chi connectivity index (χ3n) is 4.61. The number of aromatic nitrogens is 1. The number of hydrogen-bond acceptors (Lipinski definition) is 3. The van der Waals surface area contributed by atoms with E-state index in [9.17, 15) is 4.79 Å². The Kier molecular flexibility index (Phi) is 6.42. The fourth-order valence-electron chi connectivity index (χ4n) is 3.34. The average Bonchev–Trinajstić information content (AvgIpc) is 2.63. The monoisotopic (exact) mass is 357 g/mol. The summed E-state index contributed by atoms with van der Waals surface area (Å²) >= 11 is 5.86. The predicted octanol–water partition coefficient (Wildman–Crippen LogP) is 3.56. The summed E-state index contributed by atoms with van der Waals surface area (Å²) in [5.74, 6) is -0.0690. The molecule has 0 unspecified atom stereocenters. The molecule has 1 N–H and O–H groups in total. The highest BCUT2D eigenvalue weighted by Gasteiger charge is 2.21. The largest absolute Gasteiger partial charge is 0.348 e. The number of carbonyl (C=O) groups excluding carboxylic acids is 1. The van der Waals surface area contributed by atoms with Gasteiger partial charge < -0.3 is 10.2 Å². The van der Waals surface area contributed by atoms with Crippen molar-refractivity contribution >= 4 is 17.5 Å². The molecule has 1 aliphatic heterocycles. The van der Waals surface area contributed by atoms with Gasteiger partial charge in [-0.3, -0.25) is 4.79 Å². The molecule has 0 radical (unpaired) electrons. The Morgan fingerprint density at radius 3 is 2.92 bits per heavy atom. The van der Waals surface area contributed by atoms with E-state index in [1.165, 1.54) is 5.56 Å². The second-order valence-electron chi connectivity index (χ2n) is 6.57. The van der Waals surface area contributed by atoms with Gasteiger partial charge in [-0.15, -0.1) is 0 Å². The lowest BCUT2D eigenvalue weighted by Gasteiger charge is -2.33. The molecule has 0 aliphatic carbocycles. The molecule has 0 spiro atoms. The zero-order chi connectivity index (χ0) is 17.5. The second-order valence-corrected chi connectivity index (χ2v) is 6.96. The fourth-order valence-corrected chi connectivity index (χ4v) is 3.51. The van der Waals surface area contributed by atoms with Crippen molar-refractivity contribution in [1.29, 1.82) is 0 Å². The third kappa shape index (κ3) is 5.55. The first kappa shape index (κ1) is 17.9. The highest BCUT2D eigenvalue weighted by molar-refractivity contribution is 6.29. The Labute approximate surface area is 154 Å². The number of likely N-dealkylation sites (tertiary alicyclic amines) is 1. The highest BCUT2D eigenvalue weighted by atomic mass is 35.5. The number of aryl methyl sites for hydroxylation is 1. The van der Waals surface area contributed by atoms with Gasteiger partial charge in [-0.1, -0.05) is 41.9 Å². The standard InChI is InChI=1S/C20H24ClN3O/c21-19-14-17(10-11-22-19)20(25)23-18-9-5-13-24(15-18)12-4-8-16-6-2-1-3-7-16/h1-3,6-7,10-11,14,18H,4-5,8-9,12-13,15H2,(H,23,25)/t18-/m0/s1. The Morgan fingerprint density at radius 1 is 1.28 bits per heavy atom. The van der Waals surface area contributed by atoms with Crippen LogP contribution >= 0.6 is 11.6 Å². The van der Waals surface area contributed by atoms with Crippen LogP contribution in [0.2, 0.25) is 5.15 Å². The van der Waals surface area contributed by atoms with Crippen LogP contribution in [0.15, 0.2) is 48.7 Å². The molecule has 1 fully saturated rings. The predicted molar refractivity (Wildman–Crippen MR) is 101 cm³/mol. The first-order valence-corrected chi connectivity index (χ1v) is 9.27. The number of carbonyl (C=O) groups is 1. The molecule has 5 heteroatoms. The Morgan fingerprint density at radius 2 is 2.12 bits per heavy atom.